The summed E-state index contributed by atoms with van der Waals surface area (Å²) in [5, 5.41) is 13.3. The number of nitrogens with zero attached hydrogens (tertiary/aromatic N) is 4. The first kappa shape index (κ1) is 63.4. The number of amides is 2. The molecule has 4 atom stereocenters. The number of nitrogens with one attached hydrogen (secondary N) is 4. The molecular formula is C78H94N8O4. The van der Waals surface area contributed by atoms with Crippen LogP contribution in [0.2, 0.25) is 0 Å². The summed E-state index contributed by atoms with van der Waals surface area (Å²) in [7, 11) is 0. The topological polar surface area (TPSA) is 159 Å². The summed E-state index contributed by atoms with van der Waals surface area (Å²) in [5.41, 5.74) is 16.9. The van der Waals surface area contributed by atoms with E-state index in [1.54, 1.807) is 0 Å². The van der Waals surface area contributed by atoms with E-state index in [0.29, 0.717) is 24.7 Å². The number of carbonyl (C=O) groups excluding carboxylic acids is 2. The summed E-state index contributed by atoms with van der Waals surface area (Å²) in [4.78, 5) is 52.9. The third kappa shape index (κ3) is 13.2. The molecule has 0 saturated carbocycles. The minimum atomic E-state index is -0.564. The van der Waals surface area contributed by atoms with Gasteiger partial charge in [0.2, 0.25) is 0 Å². The molecule has 2 aromatic heterocycles. The lowest BCUT2D eigenvalue weighted by Crippen LogP contribution is -2.50. The quantitative estimate of drug-likeness (QED) is 0.119. The third-order valence-corrected chi connectivity index (χ3v) is 18.6. The third-order valence-electron chi connectivity index (χ3n) is 18.6. The van der Waals surface area contributed by atoms with Gasteiger partial charge in [0.15, 0.2) is 0 Å². The summed E-state index contributed by atoms with van der Waals surface area (Å²) in [6.07, 6.45) is 2.55. The van der Waals surface area contributed by atoms with Crippen molar-refractivity contribution in [3.05, 3.63) is 143 Å². The zero-order chi connectivity index (χ0) is 64.9. The van der Waals surface area contributed by atoms with Crippen LogP contribution in [0.15, 0.2) is 119 Å². The van der Waals surface area contributed by atoms with Crippen LogP contribution in [0, 0.1) is 21.7 Å². The van der Waals surface area contributed by atoms with Gasteiger partial charge in [-0.05, 0) is 178 Å². The Morgan fingerprint density at radius 2 is 0.889 bits per heavy atom. The van der Waals surface area contributed by atoms with E-state index >= 15 is 0 Å². The molecular weight excluding hydrogens is 1110 g/mol. The van der Waals surface area contributed by atoms with E-state index in [1.165, 1.54) is 77.1 Å². The van der Waals surface area contributed by atoms with Crippen LogP contribution in [-0.4, -0.2) is 66.8 Å². The van der Waals surface area contributed by atoms with Gasteiger partial charge in [-0.2, -0.15) is 0 Å². The second-order valence-electron chi connectivity index (χ2n) is 32.0. The Morgan fingerprint density at radius 1 is 0.467 bits per heavy atom. The van der Waals surface area contributed by atoms with E-state index < -0.39 is 23.4 Å². The number of hydrogen-bond acceptors (Lipinski definition) is 8. The van der Waals surface area contributed by atoms with Crippen LogP contribution in [-0.2, 0) is 35.2 Å². The predicted octanol–water partition coefficient (Wildman–Crippen LogP) is 20.0. The molecule has 12 rings (SSSR count). The van der Waals surface area contributed by atoms with Crippen LogP contribution in [0.5, 0.6) is 0 Å². The number of H-pyrrole nitrogens is 2. The van der Waals surface area contributed by atoms with Crippen molar-refractivity contribution in [1.29, 1.82) is 0 Å². The standard InChI is InChI=1S/C39H48N4O2.C39H46N4O2/c2*1-22(37(2,3)4)35-41-31-18-14-26-20-24(12-16-28(26)33(31)42-35)23-11-15-27-25(19-23)13-17-30-29(27)21-32(40-30)34(38(5,6)7)43-36(44)45-39(8,9)10/h11-13,15-17,19-20,22,34H,14,18,21H2,1-10H3,(H,41,42)(H,43,44);11-20,22,34H,21H2,1-10H3,(H,41,42)(H,43,44)/t2*22-,34-/m11/s1. The predicted molar refractivity (Wildman–Crippen MR) is 373 cm³/mol. The number of aromatic amines is 2. The lowest BCUT2D eigenvalue weighted by Gasteiger charge is -2.32. The lowest BCUT2D eigenvalue weighted by molar-refractivity contribution is 0.0480. The lowest BCUT2D eigenvalue weighted by atomic mass is 9.82. The Labute approximate surface area is 533 Å². The van der Waals surface area contributed by atoms with Crippen LogP contribution < -0.4 is 10.6 Å². The smallest absolute Gasteiger partial charge is 0.408 e. The molecule has 2 amide bonds. The summed E-state index contributed by atoms with van der Waals surface area (Å²) < 4.78 is 11.2. The second-order valence-corrected chi connectivity index (χ2v) is 32.0. The van der Waals surface area contributed by atoms with Gasteiger partial charge in [0, 0.05) is 52.7 Å². The first-order chi connectivity index (χ1) is 42.0. The average Bonchev–Trinajstić information content (AvgIpc) is 1.92. The summed E-state index contributed by atoms with van der Waals surface area (Å²) in [6.45, 7) is 42.1. The van der Waals surface area contributed by atoms with Gasteiger partial charge in [-0.3, -0.25) is 9.98 Å². The monoisotopic (exact) mass is 1210 g/mol. The molecule has 0 bridgehead atoms. The Hall–Kier alpha value is -8.12. The van der Waals surface area contributed by atoms with E-state index in [-0.39, 0.29) is 33.7 Å². The molecule has 0 spiro atoms. The molecule has 3 aliphatic rings. The van der Waals surface area contributed by atoms with Gasteiger partial charge >= 0.3 is 12.2 Å². The fraction of sp³-hybridized carbons (Fsp3) is 0.436. The molecule has 90 heavy (non-hydrogen) atoms. The highest BCUT2D eigenvalue weighted by molar-refractivity contribution is 6.08. The fourth-order valence-electron chi connectivity index (χ4n) is 12.8. The molecule has 2 aliphatic heterocycles. The molecule has 9 aromatic rings. The number of imidazole rings is 2. The fourth-order valence-corrected chi connectivity index (χ4v) is 12.8. The van der Waals surface area contributed by atoms with Crippen molar-refractivity contribution in [2.75, 3.05) is 0 Å². The van der Waals surface area contributed by atoms with Gasteiger partial charge in [0.25, 0.3) is 0 Å². The van der Waals surface area contributed by atoms with E-state index in [2.05, 4.69) is 227 Å². The van der Waals surface area contributed by atoms with Gasteiger partial charge in [-0.1, -0.05) is 170 Å². The number of hydrogen-bond donors (Lipinski definition) is 4. The Bertz CT molecular complexity index is 4360. The average molecular weight is 1210 g/mol. The van der Waals surface area contributed by atoms with Crippen LogP contribution >= 0.6 is 0 Å². The Kier molecular flexibility index (Phi) is 16.2. The first-order valence-electron chi connectivity index (χ1n) is 32.4. The molecule has 470 valence electrons. The SMILES string of the molecule is C[C@H](c1nc2c([nH]1)CCc1cc(-c3ccc4c5c(ccc4c3)N=C([C@@H](NC(=O)OC(C)(C)C)C(C)(C)C)C5)ccc1-2)C(C)(C)C.C[C@H](c1nc2c(ccc3cc(-c4ccc5c6c(ccc5c4)N=C([C@@H](NC(=O)OC(C)(C)C)C(C)(C)C)C6)ccc32)[nH]1)C(C)(C)C. The molecule has 12 nitrogen and oxygen atoms in total. The van der Waals surface area contributed by atoms with Crippen LogP contribution in [0.3, 0.4) is 0 Å². The van der Waals surface area contributed by atoms with Crippen molar-refractivity contribution >= 4 is 78.3 Å². The number of benzene rings is 7. The number of rotatable bonds is 8. The second kappa shape index (κ2) is 23.0. The van der Waals surface area contributed by atoms with Gasteiger partial charge in [0.1, 0.15) is 22.9 Å². The number of aryl methyl sites for hydroxylation is 2. The van der Waals surface area contributed by atoms with Gasteiger partial charge < -0.3 is 30.1 Å². The highest BCUT2D eigenvalue weighted by Crippen LogP contribution is 2.44. The summed E-state index contributed by atoms with van der Waals surface area (Å²) in [6, 6.07) is 39.4. The number of aliphatic imine (C=N–C) groups is 2. The van der Waals surface area contributed by atoms with E-state index in [1.807, 2.05) is 41.5 Å². The molecule has 4 heterocycles. The summed E-state index contributed by atoms with van der Waals surface area (Å²) in [5.74, 6) is 2.80. The van der Waals surface area contributed by atoms with E-state index in [0.717, 1.165) is 69.4 Å². The maximum atomic E-state index is 12.8. The van der Waals surface area contributed by atoms with Crippen LogP contribution in [0.4, 0.5) is 21.0 Å². The minimum Gasteiger partial charge on any atom is -0.444 e. The van der Waals surface area contributed by atoms with Gasteiger partial charge in [-0.25, -0.2) is 19.6 Å². The Balaban J connectivity index is 0.000000185. The van der Waals surface area contributed by atoms with E-state index in [9.17, 15) is 9.59 Å². The van der Waals surface area contributed by atoms with Crippen molar-refractivity contribution in [2.45, 2.75) is 199 Å². The molecule has 0 radical (unpaired) electrons. The molecule has 0 saturated heterocycles. The minimum absolute atomic E-state index is 0.131. The van der Waals surface area contributed by atoms with Crippen molar-refractivity contribution in [1.82, 2.24) is 30.6 Å². The number of aromatic nitrogens is 4. The number of alkyl carbamates (subject to hydrolysis) is 2. The maximum absolute atomic E-state index is 12.8. The largest absolute Gasteiger partial charge is 0.444 e. The maximum Gasteiger partial charge on any atom is 0.408 e. The number of fused-ring (bicyclic) bond motifs is 12. The normalized spacial score (nSPS) is 15.6. The van der Waals surface area contributed by atoms with Gasteiger partial charge in [-0.15, -0.1) is 0 Å². The van der Waals surface area contributed by atoms with Crippen LogP contribution in [0.25, 0.3) is 76.9 Å². The molecule has 1 aliphatic carbocycles. The zero-order valence-corrected chi connectivity index (χ0v) is 57.0. The highest BCUT2D eigenvalue weighted by Gasteiger charge is 2.38. The summed E-state index contributed by atoms with van der Waals surface area (Å²) >= 11 is 0. The highest BCUT2D eigenvalue weighted by atomic mass is 16.6. The van der Waals surface area contributed by atoms with E-state index in [4.69, 9.17) is 29.4 Å². The molecule has 4 N–H and O–H groups in total. The zero-order valence-electron chi connectivity index (χ0n) is 57.0. The first-order valence-corrected chi connectivity index (χ1v) is 32.4. The van der Waals surface area contributed by atoms with Gasteiger partial charge in [0.05, 0.1) is 40.2 Å². The van der Waals surface area contributed by atoms with Crippen molar-refractivity contribution in [3.8, 4) is 33.5 Å². The molecule has 12 heteroatoms. The molecule has 0 unspecified atom stereocenters. The number of carbonyl (C=O) groups is 2. The Morgan fingerprint density at radius 3 is 1.34 bits per heavy atom. The van der Waals surface area contributed by atoms with Crippen molar-refractivity contribution < 1.29 is 19.1 Å². The van der Waals surface area contributed by atoms with Crippen molar-refractivity contribution in [2.24, 2.45) is 31.6 Å². The van der Waals surface area contributed by atoms with Crippen molar-refractivity contribution in [3.63, 3.8) is 0 Å². The molecule has 0 fully saturated rings. The number of ether oxygens (including phenoxy) is 2. The van der Waals surface area contributed by atoms with Crippen LogP contribution in [0.1, 0.15) is 184 Å². The molecule has 7 aromatic carbocycles.